The minimum atomic E-state index is 0.170. The Bertz CT molecular complexity index is 600. The quantitative estimate of drug-likeness (QED) is 0.855. The van der Waals surface area contributed by atoms with E-state index in [1.54, 1.807) is 11.0 Å². The summed E-state index contributed by atoms with van der Waals surface area (Å²) in [4.78, 5) is 15.9. The SMILES string of the molecule is O=C(CCC1CCCC1)NCc1ccc(Cn2cncn2)cc1. The molecule has 0 radical (unpaired) electrons. The van der Waals surface area contributed by atoms with Gasteiger partial charge in [-0.15, -0.1) is 0 Å². The molecule has 122 valence electrons. The predicted molar refractivity (Wildman–Crippen MR) is 88.6 cm³/mol. The van der Waals surface area contributed by atoms with Crippen LogP contribution in [-0.2, 0) is 17.9 Å². The van der Waals surface area contributed by atoms with Crippen LogP contribution in [0, 0.1) is 5.92 Å². The molecule has 1 amide bonds. The van der Waals surface area contributed by atoms with E-state index in [1.165, 1.54) is 37.6 Å². The second-order valence-electron chi connectivity index (χ2n) is 6.38. The van der Waals surface area contributed by atoms with Crippen LogP contribution in [0.3, 0.4) is 0 Å². The van der Waals surface area contributed by atoms with Crippen molar-refractivity contribution in [2.45, 2.75) is 51.6 Å². The summed E-state index contributed by atoms with van der Waals surface area (Å²) in [5.41, 5.74) is 2.30. The van der Waals surface area contributed by atoms with E-state index in [1.807, 2.05) is 0 Å². The molecule has 1 saturated carbocycles. The van der Waals surface area contributed by atoms with Gasteiger partial charge in [-0.25, -0.2) is 9.67 Å². The molecule has 1 aliphatic rings. The summed E-state index contributed by atoms with van der Waals surface area (Å²) >= 11 is 0. The first kappa shape index (κ1) is 15.7. The number of rotatable bonds is 7. The lowest BCUT2D eigenvalue weighted by molar-refractivity contribution is -0.121. The molecule has 0 aliphatic heterocycles. The third-order valence-electron chi connectivity index (χ3n) is 4.58. The van der Waals surface area contributed by atoms with Crippen LogP contribution in [0.4, 0.5) is 0 Å². The number of nitrogens with zero attached hydrogens (tertiary/aromatic N) is 3. The molecule has 2 aromatic rings. The van der Waals surface area contributed by atoms with Crippen LogP contribution in [-0.4, -0.2) is 20.7 Å². The fourth-order valence-electron chi connectivity index (χ4n) is 3.19. The van der Waals surface area contributed by atoms with Gasteiger partial charge < -0.3 is 5.32 Å². The fourth-order valence-corrected chi connectivity index (χ4v) is 3.19. The molecule has 0 saturated heterocycles. The Morgan fingerprint density at radius 1 is 1.17 bits per heavy atom. The summed E-state index contributed by atoms with van der Waals surface area (Å²) in [6.45, 7) is 1.32. The van der Waals surface area contributed by atoms with Crippen molar-refractivity contribution in [3.05, 3.63) is 48.0 Å². The van der Waals surface area contributed by atoms with E-state index in [4.69, 9.17) is 0 Å². The summed E-state index contributed by atoms with van der Waals surface area (Å²) in [6, 6.07) is 8.26. The molecule has 1 N–H and O–H groups in total. The molecule has 1 heterocycles. The Hall–Kier alpha value is -2.17. The highest BCUT2D eigenvalue weighted by atomic mass is 16.1. The van der Waals surface area contributed by atoms with Gasteiger partial charge in [-0.05, 0) is 23.5 Å². The van der Waals surface area contributed by atoms with Crippen LogP contribution in [0.15, 0.2) is 36.9 Å². The van der Waals surface area contributed by atoms with Gasteiger partial charge in [0.2, 0.25) is 5.91 Å². The second kappa shape index (κ2) is 7.90. The van der Waals surface area contributed by atoms with Gasteiger partial charge in [0.25, 0.3) is 0 Å². The zero-order valence-electron chi connectivity index (χ0n) is 13.4. The van der Waals surface area contributed by atoms with Crippen LogP contribution < -0.4 is 5.32 Å². The summed E-state index contributed by atoms with van der Waals surface area (Å²) in [6.07, 6.45) is 10.2. The van der Waals surface area contributed by atoms with Crippen molar-refractivity contribution < 1.29 is 4.79 Å². The first-order chi connectivity index (χ1) is 11.3. The highest BCUT2D eigenvalue weighted by Crippen LogP contribution is 2.28. The van der Waals surface area contributed by atoms with E-state index in [2.05, 4.69) is 39.7 Å². The van der Waals surface area contributed by atoms with Gasteiger partial charge in [0, 0.05) is 13.0 Å². The Kier molecular flexibility index (Phi) is 5.40. The average molecular weight is 312 g/mol. The van der Waals surface area contributed by atoms with E-state index >= 15 is 0 Å². The first-order valence-corrected chi connectivity index (χ1v) is 8.46. The zero-order valence-corrected chi connectivity index (χ0v) is 13.4. The predicted octanol–water partition coefficient (Wildman–Crippen LogP) is 2.91. The van der Waals surface area contributed by atoms with Crippen molar-refractivity contribution >= 4 is 5.91 Å². The topological polar surface area (TPSA) is 59.8 Å². The van der Waals surface area contributed by atoms with Crippen LogP contribution in [0.5, 0.6) is 0 Å². The maximum absolute atomic E-state index is 11.9. The zero-order chi connectivity index (χ0) is 15.9. The molecule has 23 heavy (non-hydrogen) atoms. The third kappa shape index (κ3) is 4.91. The van der Waals surface area contributed by atoms with Gasteiger partial charge in [0.05, 0.1) is 6.54 Å². The monoisotopic (exact) mass is 312 g/mol. The molecular formula is C18H24N4O. The van der Waals surface area contributed by atoms with E-state index in [9.17, 15) is 4.79 Å². The van der Waals surface area contributed by atoms with Crippen LogP contribution in [0.1, 0.15) is 49.7 Å². The second-order valence-corrected chi connectivity index (χ2v) is 6.38. The molecule has 5 heteroatoms. The molecular weight excluding hydrogens is 288 g/mol. The van der Waals surface area contributed by atoms with Crippen molar-refractivity contribution in [1.29, 1.82) is 0 Å². The summed E-state index contributed by atoms with van der Waals surface area (Å²) < 4.78 is 1.79. The minimum Gasteiger partial charge on any atom is -0.352 e. The van der Waals surface area contributed by atoms with Crippen molar-refractivity contribution in [1.82, 2.24) is 20.1 Å². The van der Waals surface area contributed by atoms with Gasteiger partial charge in [-0.1, -0.05) is 49.9 Å². The Morgan fingerprint density at radius 2 is 1.91 bits per heavy atom. The number of amides is 1. The molecule has 3 rings (SSSR count). The maximum atomic E-state index is 11.9. The van der Waals surface area contributed by atoms with Crippen molar-refractivity contribution in [3.8, 4) is 0 Å². The third-order valence-corrected chi connectivity index (χ3v) is 4.58. The minimum absolute atomic E-state index is 0.170. The fraction of sp³-hybridized carbons (Fsp3) is 0.500. The Balaban J connectivity index is 1.40. The van der Waals surface area contributed by atoms with Gasteiger partial charge in [-0.3, -0.25) is 4.79 Å². The summed E-state index contributed by atoms with van der Waals surface area (Å²) in [5.74, 6) is 0.945. The average Bonchev–Trinajstić information content (AvgIpc) is 3.26. The van der Waals surface area contributed by atoms with Gasteiger partial charge in [-0.2, -0.15) is 5.10 Å². The normalized spacial score (nSPS) is 15.0. The number of nitrogens with one attached hydrogen (secondary N) is 1. The number of aromatic nitrogens is 3. The first-order valence-electron chi connectivity index (χ1n) is 8.46. The van der Waals surface area contributed by atoms with Crippen molar-refractivity contribution in [2.75, 3.05) is 0 Å². The Morgan fingerprint density at radius 3 is 2.61 bits per heavy atom. The highest BCUT2D eigenvalue weighted by molar-refractivity contribution is 5.75. The highest BCUT2D eigenvalue weighted by Gasteiger charge is 2.15. The van der Waals surface area contributed by atoms with Crippen molar-refractivity contribution in [3.63, 3.8) is 0 Å². The lowest BCUT2D eigenvalue weighted by Gasteiger charge is -2.09. The number of carbonyl (C=O) groups excluding carboxylic acids is 1. The van der Waals surface area contributed by atoms with Crippen LogP contribution in [0.25, 0.3) is 0 Å². The number of carbonyl (C=O) groups is 1. The summed E-state index contributed by atoms with van der Waals surface area (Å²) in [5, 5.41) is 7.12. The molecule has 1 fully saturated rings. The molecule has 0 unspecified atom stereocenters. The maximum Gasteiger partial charge on any atom is 0.220 e. The molecule has 1 aliphatic carbocycles. The lowest BCUT2D eigenvalue weighted by Crippen LogP contribution is -2.23. The lowest BCUT2D eigenvalue weighted by atomic mass is 10.0. The smallest absolute Gasteiger partial charge is 0.220 e. The number of hydrogen-bond acceptors (Lipinski definition) is 3. The van der Waals surface area contributed by atoms with Gasteiger partial charge in [0.15, 0.2) is 0 Å². The van der Waals surface area contributed by atoms with E-state index < -0.39 is 0 Å². The molecule has 5 nitrogen and oxygen atoms in total. The molecule has 0 atom stereocenters. The summed E-state index contributed by atoms with van der Waals surface area (Å²) in [7, 11) is 0. The molecule has 0 spiro atoms. The largest absolute Gasteiger partial charge is 0.352 e. The Labute approximate surface area is 137 Å². The van der Waals surface area contributed by atoms with Crippen LogP contribution in [0.2, 0.25) is 0 Å². The van der Waals surface area contributed by atoms with E-state index in [0.717, 1.165) is 17.9 Å². The molecule has 1 aromatic heterocycles. The van der Waals surface area contributed by atoms with Gasteiger partial charge in [0.1, 0.15) is 12.7 Å². The number of hydrogen-bond donors (Lipinski definition) is 1. The standard InChI is InChI=1S/C18H24N4O/c23-18(10-9-15-3-1-2-4-15)20-11-16-5-7-17(8-6-16)12-22-14-19-13-21-22/h5-8,13-15H,1-4,9-12H2,(H,20,23). The van der Waals surface area contributed by atoms with Gasteiger partial charge >= 0.3 is 0 Å². The van der Waals surface area contributed by atoms with Crippen LogP contribution >= 0.6 is 0 Å². The number of benzene rings is 1. The van der Waals surface area contributed by atoms with Crippen molar-refractivity contribution in [2.24, 2.45) is 5.92 Å². The molecule has 1 aromatic carbocycles. The molecule has 0 bridgehead atoms. The van der Waals surface area contributed by atoms with E-state index in [0.29, 0.717) is 19.5 Å². The van der Waals surface area contributed by atoms with E-state index in [-0.39, 0.29) is 5.91 Å².